The third-order valence-electron chi connectivity index (χ3n) is 4.96. The zero-order valence-electron chi connectivity index (χ0n) is 14.2. The number of aryl methyl sites for hydroxylation is 1. The molecule has 5 nitrogen and oxygen atoms in total. The van der Waals surface area contributed by atoms with Crippen LogP contribution >= 0.6 is 0 Å². The number of benzene rings is 1. The fourth-order valence-electron chi connectivity index (χ4n) is 3.59. The van der Waals surface area contributed by atoms with Gasteiger partial charge in [-0.25, -0.2) is 0 Å². The van der Waals surface area contributed by atoms with Crippen LogP contribution in [0.2, 0.25) is 0 Å². The highest BCUT2D eigenvalue weighted by atomic mass is 19.4. The quantitative estimate of drug-likeness (QED) is 0.903. The van der Waals surface area contributed by atoms with Gasteiger partial charge in [0.15, 0.2) is 0 Å². The number of carbonyl (C=O) groups is 2. The molecule has 0 spiro atoms. The van der Waals surface area contributed by atoms with E-state index in [-0.39, 0.29) is 6.42 Å². The van der Waals surface area contributed by atoms with Crippen LogP contribution in [-0.2, 0) is 22.6 Å². The van der Waals surface area contributed by atoms with Gasteiger partial charge in [-0.2, -0.15) is 13.2 Å². The molecule has 1 aromatic heterocycles. The smallest absolute Gasteiger partial charge is 0.394 e. The number of halogens is 3. The molecule has 1 saturated heterocycles. The standard InChI is InChI=1S/C18H19F3N2O3/c1-2-22-8-11(12-5-3-4-6-15(12)22)7-16(24)23-9-13(17(25)26)14(10-23)18(19,20)21/h3-6,8,13-14H,2,7,9-10H2,1H3,(H,25,26)/t13-,14-/m1/s1. The lowest BCUT2D eigenvalue weighted by atomic mass is 9.96. The summed E-state index contributed by atoms with van der Waals surface area (Å²) in [5.41, 5.74) is 1.69. The van der Waals surface area contributed by atoms with Gasteiger partial charge in [-0.15, -0.1) is 0 Å². The van der Waals surface area contributed by atoms with Crippen LogP contribution in [0, 0.1) is 11.8 Å². The minimum atomic E-state index is -4.64. The normalized spacial score (nSPS) is 20.7. The highest BCUT2D eigenvalue weighted by molar-refractivity contribution is 5.89. The number of carboxylic acid groups (broad SMARTS) is 1. The third-order valence-corrected chi connectivity index (χ3v) is 4.96. The van der Waals surface area contributed by atoms with Gasteiger partial charge < -0.3 is 14.6 Å². The number of hydrogen-bond acceptors (Lipinski definition) is 2. The first-order valence-electron chi connectivity index (χ1n) is 8.36. The van der Waals surface area contributed by atoms with Gasteiger partial charge in [0.1, 0.15) is 0 Å². The largest absolute Gasteiger partial charge is 0.481 e. The average molecular weight is 368 g/mol. The van der Waals surface area contributed by atoms with Gasteiger partial charge in [0.25, 0.3) is 0 Å². The number of aliphatic carboxylic acids is 1. The van der Waals surface area contributed by atoms with E-state index in [0.29, 0.717) is 6.54 Å². The van der Waals surface area contributed by atoms with Crippen molar-refractivity contribution in [2.75, 3.05) is 13.1 Å². The molecular weight excluding hydrogens is 349 g/mol. The molecule has 140 valence electrons. The van der Waals surface area contributed by atoms with Crippen molar-refractivity contribution in [2.24, 2.45) is 11.8 Å². The lowest BCUT2D eigenvalue weighted by Crippen LogP contribution is -2.34. The van der Waals surface area contributed by atoms with Crippen LogP contribution in [0.5, 0.6) is 0 Å². The average Bonchev–Trinajstić information content (AvgIpc) is 3.17. The first-order valence-corrected chi connectivity index (χ1v) is 8.36. The summed E-state index contributed by atoms with van der Waals surface area (Å²) in [5.74, 6) is -5.65. The third kappa shape index (κ3) is 3.27. The number of rotatable bonds is 4. The van der Waals surface area contributed by atoms with Crippen LogP contribution in [-0.4, -0.2) is 45.7 Å². The molecule has 1 aromatic carbocycles. The van der Waals surface area contributed by atoms with Crippen LogP contribution in [0.15, 0.2) is 30.5 Å². The van der Waals surface area contributed by atoms with E-state index in [9.17, 15) is 22.8 Å². The van der Waals surface area contributed by atoms with E-state index in [1.165, 1.54) is 0 Å². The van der Waals surface area contributed by atoms with Crippen LogP contribution in [0.4, 0.5) is 13.2 Å². The van der Waals surface area contributed by atoms with Crippen molar-refractivity contribution >= 4 is 22.8 Å². The Hall–Kier alpha value is -2.51. The number of amides is 1. The number of nitrogens with zero attached hydrogens (tertiary/aromatic N) is 2. The topological polar surface area (TPSA) is 62.5 Å². The maximum absolute atomic E-state index is 13.1. The molecule has 26 heavy (non-hydrogen) atoms. The maximum atomic E-state index is 13.1. The first-order chi connectivity index (χ1) is 12.2. The summed E-state index contributed by atoms with van der Waals surface area (Å²) in [6.45, 7) is 1.65. The zero-order chi connectivity index (χ0) is 19.1. The second-order valence-corrected chi connectivity index (χ2v) is 6.53. The van der Waals surface area contributed by atoms with E-state index < -0.39 is 43.0 Å². The van der Waals surface area contributed by atoms with Gasteiger partial charge in [0.05, 0.1) is 18.3 Å². The molecule has 1 aliphatic heterocycles. The van der Waals surface area contributed by atoms with Crippen molar-refractivity contribution in [3.63, 3.8) is 0 Å². The van der Waals surface area contributed by atoms with E-state index in [1.807, 2.05) is 42.0 Å². The number of carbonyl (C=O) groups excluding carboxylic acids is 1. The fraction of sp³-hybridized carbons (Fsp3) is 0.444. The molecule has 2 aromatic rings. The summed E-state index contributed by atoms with van der Waals surface area (Å²) in [6.07, 6.45) is -2.87. The number of carboxylic acids is 1. The Morgan fingerprint density at radius 1 is 1.23 bits per heavy atom. The minimum absolute atomic E-state index is 0.0512. The Kier molecular flexibility index (Phi) is 4.68. The summed E-state index contributed by atoms with van der Waals surface area (Å²) in [4.78, 5) is 24.7. The van der Waals surface area contributed by atoms with E-state index in [0.717, 1.165) is 21.4 Å². The van der Waals surface area contributed by atoms with Gasteiger partial charge in [0, 0.05) is 36.7 Å². The van der Waals surface area contributed by atoms with Crippen LogP contribution in [0.3, 0.4) is 0 Å². The number of hydrogen-bond donors (Lipinski definition) is 1. The Balaban J connectivity index is 1.82. The van der Waals surface area contributed by atoms with Crippen molar-refractivity contribution < 1.29 is 27.9 Å². The monoisotopic (exact) mass is 368 g/mol. The minimum Gasteiger partial charge on any atom is -0.481 e. The molecule has 1 N–H and O–H groups in total. The van der Waals surface area contributed by atoms with Gasteiger partial charge in [-0.05, 0) is 18.6 Å². The first kappa shape index (κ1) is 18.3. The van der Waals surface area contributed by atoms with Crippen LogP contribution in [0.1, 0.15) is 12.5 Å². The predicted molar refractivity (Wildman–Crippen MR) is 88.6 cm³/mol. The molecule has 1 amide bonds. The number of alkyl halides is 3. The molecule has 2 atom stereocenters. The van der Waals surface area contributed by atoms with Crippen molar-refractivity contribution in [1.82, 2.24) is 9.47 Å². The highest BCUT2D eigenvalue weighted by Gasteiger charge is 2.53. The van der Waals surface area contributed by atoms with E-state index in [4.69, 9.17) is 5.11 Å². The Bertz CT molecular complexity index is 844. The van der Waals surface area contributed by atoms with Crippen LogP contribution < -0.4 is 0 Å². The number of likely N-dealkylation sites (tertiary alicyclic amines) is 1. The van der Waals surface area contributed by atoms with Gasteiger partial charge >= 0.3 is 12.1 Å². The summed E-state index contributed by atoms with van der Waals surface area (Å²) < 4.78 is 41.2. The van der Waals surface area contributed by atoms with Gasteiger partial charge in [-0.1, -0.05) is 18.2 Å². The van der Waals surface area contributed by atoms with Crippen molar-refractivity contribution in [1.29, 1.82) is 0 Å². The summed E-state index contributed by atoms with van der Waals surface area (Å²) in [7, 11) is 0. The lowest BCUT2D eigenvalue weighted by Gasteiger charge is -2.18. The fourth-order valence-corrected chi connectivity index (χ4v) is 3.59. The summed E-state index contributed by atoms with van der Waals surface area (Å²) in [5, 5.41) is 9.95. The molecule has 1 fully saturated rings. The molecule has 0 bridgehead atoms. The molecule has 0 unspecified atom stereocenters. The second-order valence-electron chi connectivity index (χ2n) is 6.53. The Morgan fingerprint density at radius 3 is 2.50 bits per heavy atom. The van der Waals surface area contributed by atoms with Gasteiger partial charge in [0.2, 0.25) is 5.91 Å². The highest BCUT2D eigenvalue weighted by Crippen LogP contribution is 2.38. The van der Waals surface area contributed by atoms with Crippen LogP contribution in [0.25, 0.3) is 10.9 Å². The number of fused-ring (bicyclic) bond motifs is 1. The zero-order valence-corrected chi connectivity index (χ0v) is 14.2. The van der Waals surface area contributed by atoms with E-state index in [1.54, 1.807) is 0 Å². The predicted octanol–water partition coefficient (Wildman–Crippen LogP) is 2.93. The molecule has 3 rings (SSSR count). The molecule has 0 saturated carbocycles. The summed E-state index contributed by atoms with van der Waals surface area (Å²) >= 11 is 0. The van der Waals surface area contributed by atoms with Crippen molar-refractivity contribution in [3.05, 3.63) is 36.0 Å². The lowest BCUT2D eigenvalue weighted by molar-refractivity contribution is -0.188. The molecule has 1 aliphatic rings. The van der Waals surface area contributed by atoms with Crippen molar-refractivity contribution in [2.45, 2.75) is 26.1 Å². The molecule has 0 aliphatic carbocycles. The maximum Gasteiger partial charge on any atom is 0.394 e. The number of aromatic nitrogens is 1. The van der Waals surface area contributed by atoms with Crippen molar-refractivity contribution in [3.8, 4) is 0 Å². The second kappa shape index (κ2) is 6.66. The molecule has 0 radical (unpaired) electrons. The van der Waals surface area contributed by atoms with Gasteiger partial charge in [-0.3, -0.25) is 9.59 Å². The molecule has 8 heteroatoms. The molecule has 2 heterocycles. The summed E-state index contributed by atoms with van der Waals surface area (Å²) in [6, 6.07) is 7.51. The van der Waals surface area contributed by atoms with E-state index >= 15 is 0 Å². The van der Waals surface area contributed by atoms with E-state index in [2.05, 4.69) is 0 Å². The Labute approximate surface area is 148 Å². The molecular formula is C18H19F3N2O3. The number of para-hydroxylation sites is 1. The Morgan fingerprint density at radius 2 is 1.92 bits per heavy atom. The SMILES string of the molecule is CCn1cc(CC(=O)N2C[C@@H](C(F)(F)F)[C@H](C(=O)O)C2)c2ccccc21.